The third-order valence-corrected chi connectivity index (χ3v) is 8.55. The molecule has 2 heterocycles. The molecule has 38 heavy (non-hydrogen) atoms. The SMILES string of the molecule is CCn1c(SCC(=O)Nc2sc3c(c2C(=O)OC)CCCCCC3)nnc1-c1ccc(OCC(C)C)cc1. The fourth-order valence-corrected chi connectivity index (χ4v) is 6.57. The molecule has 3 aromatic rings. The second-order valence-electron chi connectivity index (χ2n) is 9.73. The number of carbonyl (C=O) groups excluding carboxylic acids is 2. The molecule has 0 saturated heterocycles. The summed E-state index contributed by atoms with van der Waals surface area (Å²) in [4.78, 5) is 26.8. The van der Waals surface area contributed by atoms with Crippen molar-refractivity contribution in [2.24, 2.45) is 5.92 Å². The number of anilines is 1. The summed E-state index contributed by atoms with van der Waals surface area (Å²) in [6, 6.07) is 7.83. The average Bonchev–Trinajstić information content (AvgIpc) is 3.46. The number of thioether (sulfide) groups is 1. The van der Waals surface area contributed by atoms with Crippen molar-refractivity contribution in [1.29, 1.82) is 0 Å². The zero-order valence-electron chi connectivity index (χ0n) is 22.5. The number of thiophene rings is 1. The van der Waals surface area contributed by atoms with Crippen LogP contribution in [0, 0.1) is 5.92 Å². The van der Waals surface area contributed by atoms with Crippen LogP contribution >= 0.6 is 23.1 Å². The van der Waals surface area contributed by atoms with Gasteiger partial charge in [0.1, 0.15) is 10.8 Å². The van der Waals surface area contributed by atoms with Crippen LogP contribution in [0.25, 0.3) is 11.4 Å². The number of hydrogen-bond donors (Lipinski definition) is 1. The summed E-state index contributed by atoms with van der Waals surface area (Å²) < 4.78 is 12.9. The van der Waals surface area contributed by atoms with Crippen LogP contribution < -0.4 is 10.1 Å². The van der Waals surface area contributed by atoms with Crippen molar-refractivity contribution in [3.63, 3.8) is 0 Å². The highest BCUT2D eigenvalue weighted by Crippen LogP contribution is 2.37. The lowest BCUT2D eigenvalue weighted by Gasteiger charge is -2.11. The highest BCUT2D eigenvalue weighted by atomic mass is 32.2. The minimum atomic E-state index is -0.387. The number of ether oxygens (including phenoxy) is 2. The van der Waals surface area contributed by atoms with Gasteiger partial charge >= 0.3 is 5.97 Å². The molecular formula is C28H36N4O4S2. The van der Waals surface area contributed by atoms with E-state index in [1.165, 1.54) is 41.5 Å². The second kappa shape index (κ2) is 13.3. The van der Waals surface area contributed by atoms with E-state index in [4.69, 9.17) is 9.47 Å². The Bertz CT molecular complexity index is 1250. The molecule has 10 heteroatoms. The van der Waals surface area contributed by atoms with Crippen molar-refractivity contribution in [2.45, 2.75) is 71.0 Å². The van der Waals surface area contributed by atoms with Crippen molar-refractivity contribution in [2.75, 3.05) is 24.8 Å². The molecule has 0 radical (unpaired) electrons. The molecule has 1 aliphatic carbocycles. The predicted molar refractivity (Wildman–Crippen MR) is 152 cm³/mol. The number of benzene rings is 1. The zero-order chi connectivity index (χ0) is 27.1. The summed E-state index contributed by atoms with van der Waals surface area (Å²) in [5, 5.41) is 13.0. The largest absolute Gasteiger partial charge is 0.493 e. The van der Waals surface area contributed by atoms with Crippen LogP contribution in [0.5, 0.6) is 5.75 Å². The number of esters is 1. The monoisotopic (exact) mass is 556 g/mol. The molecule has 0 aliphatic heterocycles. The highest BCUT2D eigenvalue weighted by Gasteiger charge is 2.26. The third kappa shape index (κ3) is 6.77. The van der Waals surface area contributed by atoms with E-state index in [1.54, 1.807) is 0 Å². The van der Waals surface area contributed by atoms with E-state index in [-0.39, 0.29) is 17.6 Å². The number of rotatable bonds is 10. The van der Waals surface area contributed by atoms with E-state index in [0.29, 0.717) is 34.8 Å². The quantitative estimate of drug-likeness (QED) is 0.233. The number of aryl methyl sites for hydroxylation is 1. The summed E-state index contributed by atoms with van der Waals surface area (Å²) >= 11 is 2.84. The van der Waals surface area contributed by atoms with E-state index in [0.717, 1.165) is 54.8 Å². The van der Waals surface area contributed by atoms with Crippen LogP contribution in [0.2, 0.25) is 0 Å². The standard InChI is InChI=1S/C28H36N4O4S2/c1-5-32-25(19-12-14-20(15-13-19)36-16-18(2)3)30-31-28(32)37-17-23(33)29-26-24(27(34)35-4)21-10-8-6-7-9-11-22(21)38-26/h12-15,18H,5-11,16-17H2,1-4H3,(H,29,33). The van der Waals surface area contributed by atoms with Gasteiger partial charge in [0.05, 0.1) is 25.0 Å². The maximum absolute atomic E-state index is 13.0. The predicted octanol–water partition coefficient (Wildman–Crippen LogP) is 6.24. The molecule has 0 saturated carbocycles. The fraction of sp³-hybridized carbons (Fsp3) is 0.500. The van der Waals surface area contributed by atoms with Crippen molar-refractivity contribution in [3.8, 4) is 17.1 Å². The number of nitrogens with one attached hydrogen (secondary N) is 1. The molecule has 2 aromatic heterocycles. The molecule has 8 nitrogen and oxygen atoms in total. The highest BCUT2D eigenvalue weighted by molar-refractivity contribution is 7.99. The van der Waals surface area contributed by atoms with E-state index >= 15 is 0 Å². The van der Waals surface area contributed by atoms with Gasteiger partial charge in [0.15, 0.2) is 11.0 Å². The molecule has 0 unspecified atom stereocenters. The number of methoxy groups -OCH3 is 1. The molecule has 4 rings (SSSR count). The van der Waals surface area contributed by atoms with Crippen LogP contribution in [-0.2, 0) is 28.9 Å². The van der Waals surface area contributed by atoms with Crippen LogP contribution in [0.4, 0.5) is 5.00 Å². The first-order valence-electron chi connectivity index (χ1n) is 13.2. The Hall–Kier alpha value is -2.85. The van der Waals surface area contributed by atoms with E-state index in [1.807, 2.05) is 35.8 Å². The lowest BCUT2D eigenvalue weighted by Crippen LogP contribution is -2.17. The number of carbonyl (C=O) groups is 2. The van der Waals surface area contributed by atoms with Gasteiger partial charge in [0.25, 0.3) is 0 Å². The van der Waals surface area contributed by atoms with Crippen molar-refractivity contribution < 1.29 is 19.1 Å². The van der Waals surface area contributed by atoms with Gasteiger partial charge in [-0.05, 0) is 68.4 Å². The molecule has 1 amide bonds. The van der Waals surface area contributed by atoms with Gasteiger partial charge < -0.3 is 19.4 Å². The summed E-state index contributed by atoms with van der Waals surface area (Å²) in [6.45, 7) is 7.60. The summed E-state index contributed by atoms with van der Waals surface area (Å²) in [6.07, 6.45) is 6.26. The van der Waals surface area contributed by atoms with Gasteiger partial charge in [-0.15, -0.1) is 21.5 Å². The van der Waals surface area contributed by atoms with Crippen molar-refractivity contribution >= 4 is 40.0 Å². The number of nitrogens with zero attached hydrogens (tertiary/aromatic N) is 3. The third-order valence-electron chi connectivity index (χ3n) is 6.38. The van der Waals surface area contributed by atoms with E-state index in [9.17, 15) is 9.59 Å². The number of hydrogen-bond acceptors (Lipinski definition) is 8. The molecule has 1 aromatic carbocycles. The zero-order valence-corrected chi connectivity index (χ0v) is 24.2. The van der Waals surface area contributed by atoms with Crippen LogP contribution in [0.3, 0.4) is 0 Å². The molecule has 204 valence electrons. The van der Waals surface area contributed by atoms with E-state index < -0.39 is 0 Å². The average molecular weight is 557 g/mol. The fourth-order valence-electron chi connectivity index (χ4n) is 4.48. The number of aromatic nitrogens is 3. The first-order valence-corrected chi connectivity index (χ1v) is 15.0. The minimum absolute atomic E-state index is 0.156. The van der Waals surface area contributed by atoms with Gasteiger partial charge in [-0.25, -0.2) is 4.79 Å². The van der Waals surface area contributed by atoms with Crippen LogP contribution in [0.15, 0.2) is 29.4 Å². The first kappa shape index (κ1) is 28.2. The van der Waals surface area contributed by atoms with Crippen molar-refractivity contribution in [3.05, 3.63) is 40.3 Å². The Kier molecular flexibility index (Phi) is 9.85. The summed E-state index contributed by atoms with van der Waals surface area (Å²) in [5.74, 6) is 1.61. The van der Waals surface area contributed by atoms with Crippen LogP contribution in [0.1, 0.15) is 67.3 Å². The molecule has 0 fully saturated rings. The van der Waals surface area contributed by atoms with Gasteiger partial charge in [-0.1, -0.05) is 38.5 Å². The summed E-state index contributed by atoms with van der Waals surface area (Å²) in [7, 11) is 1.39. The Balaban J connectivity index is 1.44. The van der Waals surface area contributed by atoms with Gasteiger partial charge in [0.2, 0.25) is 5.91 Å². The maximum Gasteiger partial charge on any atom is 0.341 e. The second-order valence-corrected chi connectivity index (χ2v) is 11.8. The molecule has 1 N–H and O–H groups in total. The molecule has 0 spiro atoms. The molecule has 0 atom stereocenters. The van der Waals surface area contributed by atoms with Gasteiger partial charge in [0, 0.05) is 17.0 Å². The lowest BCUT2D eigenvalue weighted by molar-refractivity contribution is -0.113. The Morgan fingerprint density at radius 3 is 2.53 bits per heavy atom. The normalized spacial score (nSPS) is 13.5. The maximum atomic E-state index is 13.0. The molecule has 1 aliphatic rings. The first-order chi connectivity index (χ1) is 18.4. The molecule has 0 bridgehead atoms. The summed E-state index contributed by atoms with van der Waals surface area (Å²) in [5.41, 5.74) is 2.50. The minimum Gasteiger partial charge on any atom is -0.493 e. The number of amides is 1. The Labute approximate surface area is 232 Å². The Morgan fingerprint density at radius 2 is 1.84 bits per heavy atom. The van der Waals surface area contributed by atoms with Gasteiger partial charge in [-0.3, -0.25) is 4.79 Å². The topological polar surface area (TPSA) is 95.3 Å². The van der Waals surface area contributed by atoms with Crippen LogP contribution in [-0.4, -0.2) is 46.1 Å². The Morgan fingerprint density at radius 1 is 1.11 bits per heavy atom. The van der Waals surface area contributed by atoms with Gasteiger partial charge in [-0.2, -0.15) is 0 Å². The lowest BCUT2D eigenvalue weighted by atomic mass is 9.96. The number of fused-ring (bicyclic) bond motifs is 1. The smallest absolute Gasteiger partial charge is 0.341 e. The molecular weight excluding hydrogens is 520 g/mol. The van der Waals surface area contributed by atoms with E-state index in [2.05, 4.69) is 29.4 Å². The van der Waals surface area contributed by atoms with Crippen molar-refractivity contribution in [1.82, 2.24) is 14.8 Å².